The van der Waals surface area contributed by atoms with Gasteiger partial charge in [0.2, 0.25) is 0 Å². The first-order valence-electron chi connectivity index (χ1n) is 5.29. The standard InChI is InChI=1S/C12H21ClO2/c1-10(7-9-15-11(2)14)6-5-8-12(3,4)13/h7H,5-6,8-9H2,1-4H3. The number of esters is 1. The third-order valence-corrected chi connectivity index (χ3v) is 2.25. The van der Waals surface area contributed by atoms with Crippen LogP contribution in [0.3, 0.4) is 0 Å². The number of carbonyl (C=O) groups excluding carboxylic acids is 1. The van der Waals surface area contributed by atoms with E-state index in [2.05, 4.69) is 0 Å². The van der Waals surface area contributed by atoms with Crippen molar-refractivity contribution in [1.29, 1.82) is 0 Å². The van der Waals surface area contributed by atoms with E-state index in [1.807, 2.05) is 26.8 Å². The summed E-state index contributed by atoms with van der Waals surface area (Å²) in [4.78, 5) is 10.4. The first-order chi connectivity index (χ1) is 6.81. The predicted octanol–water partition coefficient (Wildman–Crippen LogP) is 3.68. The van der Waals surface area contributed by atoms with E-state index in [9.17, 15) is 4.79 Å². The third kappa shape index (κ3) is 11.4. The maximum Gasteiger partial charge on any atom is 0.302 e. The number of rotatable bonds is 6. The lowest BCUT2D eigenvalue weighted by molar-refractivity contribution is -0.139. The van der Waals surface area contributed by atoms with Crippen molar-refractivity contribution >= 4 is 17.6 Å². The highest BCUT2D eigenvalue weighted by Crippen LogP contribution is 2.21. The summed E-state index contributed by atoms with van der Waals surface area (Å²) < 4.78 is 4.82. The molecule has 0 saturated carbocycles. The van der Waals surface area contributed by atoms with Crippen LogP contribution in [0, 0.1) is 0 Å². The highest BCUT2D eigenvalue weighted by molar-refractivity contribution is 6.23. The van der Waals surface area contributed by atoms with Gasteiger partial charge in [0.1, 0.15) is 6.61 Å². The molecule has 0 radical (unpaired) electrons. The smallest absolute Gasteiger partial charge is 0.302 e. The highest BCUT2D eigenvalue weighted by atomic mass is 35.5. The second-order valence-corrected chi connectivity index (χ2v) is 5.45. The zero-order valence-electron chi connectivity index (χ0n) is 10.1. The molecule has 0 aromatic rings. The van der Waals surface area contributed by atoms with E-state index in [4.69, 9.17) is 16.3 Å². The molecule has 0 rings (SSSR count). The fourth-order valence-corrected chi connectivity index (χ4v) is 1.32. The molecule has 0 heterocycles. The minimum absolute atomic E-state index is 0.115. The second-order valence-electron chi connectivity index (χ2n) is 4.43. The van der Waals surface area contributed by atoms with Crippen LogP contribution in [0.25, 0.3) is 0 Å². The van der Waals surface area contributed by atoms with Crippen molar-refractivity contribution < 1.29 is 9.53 Å². The molecule has 2 nitrogen and oxygen atoms in total. The molecule has 88 valence electrons. The topological polar surface area (TPSA) is 26.3 Å². The van der Waals surface area contributed by atoms with Gasteiger partial charge in [0.15, 0.2) is 0 Å². The van der Waals surface area contributed by atoms with Crippen molar-refractivity contribution in [1.82, 2.24) is 0 Å². The first-order valence-corrected chi connectivity index (χ1v) is 5.67. The zero-order chi connectivity index (χ0) is 11.9. The van der Waals surface area contributed by atoms with E-state index in [0.29, 0.717) is 6.61 Å². The Balaban J connectivity index is 3.64. The van der Waals surface area contributed by atoms with Gasteiger partial charge >= 0.3 is 5.97 Å². The van der Waals surface area contributed by atoms with Gasteiger partial charge in [-0.05, 0) is 46.1 Å². The second kappa shape index (κ2) is 6.89. The van der Waals surface area contributed by atoms with Gasteiger partial charge in [0.05, 0.1) is 0 Å². The van der Waals surface area contributed by atoms with Gasteiger partial charge < -0.3 is 4.74 Å². The van der Waals surface area contributed by atoms with Crippen LogP contribution in [0.1, 0.15) is 47.0 Å². The van der Waals surface area contributed by atoms with Crippen LogP contribution >= 0.6 is 11.6 Å². The zero-order valence-corrected chi connectivity index (χ0v) is 10.9. The first kappa shape index (κ1) is 14.5. The molecular formula is C12H21ClO2. The molecule has 0 aliphatic rings. The lowest BCUT2D eigenvalue weighted by Crippen LogP contribution is -2.09. The van der Waals surface area contributed by atoms with E-state index in [1.165, 1.54) is 12.5 Å². The summed E-state index contributed by atoms with van der Waals surface area (Å²) >= 11 is 6.07. The fraction of sp³-hybridized carbons (Fsp3) is 0.750. The van der Waals surface area contributed by atoms with Crippen LogP contribution in [0.5, 0.6) is 0 Å². The Morgan fingerprint density at radius 1 is 1.40 bits per heavy atom. The molecular weight excluding hydrogens is 212 g/mol. The maximum atomic E-state index is 10.5. The Hall–Kier alpha value is -0.500. The predicted molar refractivity (Wildman–Crippen MR) is 64.2 cm³/mol. The molecule has 0 amide bonds. The minimum Gasteiger partial charge on any atom is -0.462 e. The lowest BCUT2D eigenvalue weighted by Gasteiger charge is -2.14. The van der Waals surface area contributed by atoms with Gasteiger partial charge in [0.25, 0.3) is 0 Å². The average Bonchev–Trinajstić information content (AvgIpc) is 2.00. The Morgan fingerprint density at radius 2 is 2.00 bits per heavy atom. The van der Waals surface area contributed by atoms with E-state index < -0.39 is 0 Å². The van der Waals surface area contributed by atoms with Crippen LogP contribution in [0.2, 0.25) is 0 Å². The van der Waals surface area contributed by atoms with E-state index >= 15 is 0 Å². The maximum absolute atomic E-state index is 10.5. The van der Waals surface area contributed by atoms with Crippen molar-refractivity contribution in [2.45, 2.75) is 51.8 Å². The number of hydrogen-bond donors (Lipinski definition) is 0. The molecule has 3 heteroatoms. The summed E-state index contributed by atoms with van der Waals surface area (Å²) in [5.74, 6) is -0.235. The molecule has 0 atom stereocenters. The molecule has 0 aromatic carbocycles. The molecule has 0 fully saturated rings. The number of hydrogen-bond acceptors (Lipinski definition) is 2. The summed E-state index contributed by atoms with van der Waals surface area (Å²) in [7, 11) is 0. The number of carbonyl (C=O) groups is 1. The third-order valence-electron chi connectivity index (χ3n) is 2.06. The minimum atomic E-state index is -0.235. The molecule has 0 bridgehead atoms. The molecule has 0 aromatic heterocycles. The molecule has 0 saturated heterocycles. The largest absolute Gasteiger partial charge is 0.462 e. The molecule has 0 aliphatic heterocycles. The Labute approximate surface area is 97.6 Å². The summed E-state index contributed by atoms with van der Waals surface area (Å²) in [6.07, 6.45) is 5.02. The van der Waals surface area contributed by atoms with Gasteiger partial charge in [0, 0.05) is 11.8 Å². The van der Waals surface area contributed by atoms with Gasteiger partial charge in [-0.1, -0.05) is 5.57 Å². The lowest BCUT2D eigenvalue weighted by atomic mass is 10.0. The van der Waals surface area contributed by atoms with Crippen LogP contribution in [0.15, 0.2) is 11.6 Å². The Morgan fingerprint density at radius 3 is 2.47 bits per heavy atom. The van der Waals surface area contributed by atoms with Crippen molar-refractivity contribution in [2.75, 3.05) is 6.61 Å². The van der Waals surface area contributed by atoms with Crippen molar-refractivity contribution in [2.24, 2.45) is 0 Å². The summed E-state index contributed by atoms with van der Waals surface area (Å²) in [6.45, 7) is 7.88. The Bertz CT molecular complexity index is 226. The van der Waals surface area contributed by atoms with Crippen LogP contribution in [-0.2, 0) is 9.53 Å². The SMILES string of the molecule is CC(=O)OCC=C(C)CCCC(C)(C)Cl. The van der Waals surface area contributed by atoms with Crippen LogP contribution in [0.4, 0.5) is 0 Å². The summed E-state index contributed by atoms with van der Waals surface area (Å²) in [5, 5.41) is 0. The fourth-order valence-electron chi connectivity index (χ4n) is 1.19. The average molecular weight is 233 g/mol. The number of allylic oxidation sites excluding steroid dienone is 1. The summed E-state index contributed by atoms with van der Waals surface area (Å²) in [6, 6.07) is 0. The molecule has 0 spiro atoms. The molecule has 0 aliphatic carbocycles. The molecule has 15 heavy (non-hydrogen) atoms. The van der Waals surface area contributed by atoms with Crippen molar-refractivity contribution in [3.8, 4) is 0 Å². The molecule has 0 N–H and O–H groups in total. The van der Waals surface area contributed by atoms with Crippen LogP contribution in [-0.4, -0.2) is 17.5 Å². The van der Waals surface area contributed by atoms with Crippen molar-refractivity contribution in [3.05, 3.63) is 11.6 Å². The van der Waals surface area contributed by atoms with E-state index in [1.54, 1.807) is 0 Å². The monoisotopic (exact) mass is 232 g/mol. The van der Waals surface area contributed by atoms with Crippen molar-refractivity contribution in [3.63, 3.8) is 0 Å². The number of alkyl halides is 1. The Kier molecular flexibility index (Phi) is 6.66. The number of ether oxygens (including phenoxy) is 1. The normalized spacial score (nSPS) is 12.7. The quantitative estimate of drug-likeness (QED) is 0.397. The van der Waals surface area contributed by atoms with Gasteiger partial charge in [-0.3, -0.25) is 4.79 Å². The highest BCUT2D eigenvalue weighted by Gasteiger charge is 2.11. The summed E-state index contributed by atoms with van der Waals surface area (Å²) in [5.41, 5.74) is 1.25. The van der Waals surface area contributed by atoms with Gasteiger partial charge in [-0.25, -0.2) is 0 Å². The van der Waals surface area contributed by atoms with E-state index in [-0.39, 0.29) is 10.8 Å². The van der Waals surface area contributed by atoms with E-state index in [0.717, 1.165) is 19.3 Å². The molecule has 0 unspecified atom stereocenters. The van der Waals surface area contributed by atoms with Gasteiger partial charge in [-0.2, -0.15) is 0 Å². The van der Waals surface area contributed by atoms with Crippen LogP contribution < -0.4 is 0 Å². The van der Waals surface area contributed by atoms with Gasteiger partial charge in [-0.15, -0.1) is 11.6 Å². The number of halogens is 1.